The minimum absolute atomic E-state index is 0.146. The highest BCUT2D eigenvalue weighted by atomic mass is 16.3. The molecule has 0 aromatic heterocycles. The maximum atomic E-state index is 9.19. The molecule has 1 fully saturated rings. The van der Waals surface area contributed by atoms with E-state index in [1.807, 2.05) is 6.07 Å². The maximum Gasteiger partial charge on any atom is 0.0682 e. The summed E-state index contributed by atoms with van der Waals surface area (Å²) < 4.78 is 0. The zero-order chi connectivity index (χ0) is 11.7. The minimum atomic E-state index is 0.146. The first kappa shape index (κ1) is 11.0. The Morgan fingerprint density at radius 3 is 2.82 bits per heavy atom. The van der Waals surface area contributed by atoms with Crippen LogP contribution in [-0.2, 0) is 13.0 Å². The zero-order valence-corrected chi connectivity index (χ0v) is 10.2. The van der Waals surface area contributed by atoms with Gasteiger partial charge in [-0.1, -0.05) is 18.2 Å². The lowest BCUT2D eigenvalue weighted by molar-refractivity contribution is 0.203. The molecule has 1 aliphatic heterocycles. The van der Waals surface area contributed by atoms with Gasteiger partial charge in [0.2, 0.25) is 0 Å². The summed E-state index contributed by atoms with van der Waals surface area (Å²) in [5, 5.41) is 9.19. The van der Waals surface area contributed by atoms with Gasteiger partial charge < -0.3 is 5.11 Å². The van der Waals surface area contributed by atoms with Gasteiger partial charge in [0.15, 0.2) is 0 Å². The Morgan fingerprint density at radius 1 is 1.24 bits per heavy atom. The highest BCUT2D eigenvalue weighted by Gasteiger charge is 2.17. The minimum Gasteiger partial charge on any atom is -0.392 e. The number of aliphatic hydroxyl groups excluding tert-OH is 1. The number of nitrogens with zero attached hydrogens (tertiary/aromatic N) is 1. The normalized spacial score (nSPS) is 21.6. The van der Waals surface area contributed by atoms with E-state index in [2.05, 4.69) is 23.1 Å². The van der Waals surface area contributed by atoms with Gasteiger partial charge in [0, 0.05) is 6.54 Å². The van der Waals surface area contributed by atoms with E-state index in [1.54, 1.807) is 0 Å². The molecular formula is C15H19NO. The van der Waals surface area contributed by atoms with Gasteiger partial charge in [-0.2, -0.15) is 0 Å². The molecule has 1 aromatic carbocycles. The third kappa shape index (κ3) is 2.15. The first-order valence-electron chi connectivity index (χ1n) is 6.51. The second-order valence-electron chi connectivity index (χ2n) is 5.03. The van der Waals surface area contributed by atoms with Crippen molar-refractivity contribution in [3.63, 3.8) is 0 Å². The Kier molecular flexibility index (Phi) is 3.00. The van der Waals surface area contributed by atoms with Crippen molar-refractivity contribution in [3.8, 4) is 0 Å². The lowest BCUT2D eigenvalue weighted by Crippen LogP contribution is -2.37. The molecule has 90 valence electrons. The number of benzene rings is 1. The van der Waals surface area contributed by atoms with Crippen molar-refractivity contribution in [2.75, 3.05) is 19.6 Å². The van der Waals surface area contributed by atoms with Gasteiger partial charge >= 0.3 is 0 Å². The number of hydrogen-bond acceptors (Lipinski definition) is 2. The number of allylic oxidation sites excluding steroid dienone is 1. The largest absolute Gasteiger partial charge is 0.392 e. The highest BCUT2D eigenvalue weighted by molar-refractivity contribution is 5.73. The Hall–Kier alpha value is -1.12. The van der Waals surface area contributed by atoms with Gasteiger partial charge in [0.25, 0.3) is 0 Å². The van der Waals surface area contributed by atoms with Crippen molar-refractivity contribution in [2.45, 2.75) is 25.9 Å². The zero-order valence-electron chi connectivity index (χ0n) is 10.2. The number of fused-ring (bicyclic) bond motifs is 1. The molecular weight excluding hydrogens is 210 g/mol. The van der Waals surface area contributed by atoms with Gasteiger partial charge in [-0.15, -0.1) is 0 Å². The molecule has 2 nitrogen and oxygen atoms in total. The van der Waals surface area contributed by atoms with E-state index in [9.17, 15) is 5.11 Å². The average molecular weight is 229 g/mol. The molecule has 0 bridgehead atoms. The van der Waals surface area contributed by atoms with Crippen LogP contribution in [-0.4, -0.2) is 29.6 Å². The van der Waals surface area contributed by atoms with E-state index in [0.29, 0.717) is 0 Å². The molecule has 17 heavy (non-hydrogen) atoms. The molecule has 0 amide bonds. The topological polar surface area (TPSA) is 23.5 Å². The van der Waals surface area contributed by atoms with Crippen LogP contribution in [0.25, 0.3) is 5.57 Å². The number of likely N-dealkylation sites (tertiary alicyclic amines) is 1. The molecule has 0 atom stereocenters. The van der Waals surface area contributed by atoms with E-state index >= 15 is 0 Å². The SMILES string of the molecule is OCc1ccc2c(c1)/C(=C/CN1CCC1)CC2. The van der Waals surface area contributed by atoms with Crippen LogP contribution in [0.2, 0.25) is 0 Å². The van der Waals surface area contributed by atoms with E-state index in [0.717, 1.165) is 24.9 Å². The third-order valence-electron chi connectivity index (χ3n) is 3.91. The molecule has 3 rings (SSSR count). The first-order valence-corrected chi connectivity index (χ1v) is 6.51. The summed E-state index contributed by atoms with van der Waals surface area (Å²) in [7, 11) is 0. The molecule has 0 unspecified atom stereocenters. The molecule has 0 radical (unpaired) electrons. The lowest BCUT2D eigenvalue weighted by atomic mass is 10.0. The van der Waals surface area contributed by atoms with Crippen LogP contribution in [0.5, 0.6) is 0 Å². The van der Waals surface area contributed by atoms with Gasteiger partial charge in [0.05, 0.1) is 6.61 Å². The molecule has 1 aliphatic carbocycles. The van der Waals surface area contributed by atoms with Gasteiger partial charge in [0.1, 0.15) is 0 Å². The fourth-order valence-corrected chi connectivity index (χ4v) is 2.66. The predicted molar refractivity (Wildman–Crippen MR) is 69.7 cm³/mol. The van der Waals surface area contributed by atoms with Crippen LogP contribution < -0.4 is 0 Å². The molecule has 1 aromatic rings. The fourth-order valence-electron chi connectivity index (χ4n) is 2.66. The molecule has 1 N–H and O–H groups in total. The summed E-state index contributed by atoms with van der Waals surface area (Å²) in [4.78, 5) is 2.47. The van der Waals surface area contributed by atoms with Crippen molar-refractivity contribution in [2.24, 2.45) is 0 Å². The molecule has 1 saturated heterocycles. The summed E-state index contributed by atoms with van der Waals surface area (Å²) >= 11 is 0. The number of aryl methyl sites for hydroxylation is 1. The van der Waals surface area contributed by atoms with Crippen molar-refractivity contribution in [1.82, 2.24) is 4.90 Å². The third-order valence-corrected chi connectivity index (χ3v) is 3.91. The van der Waals surface area contributed by atoms with Crippen molar-refractivity contribution in [3.05, 3.63) is 41.0 Å². The summed E-state index contributed by atoms with van der Waals surface area (Å²) in [6, 6.07) is 6.37. The summed E-state index contributed by atoms with van der Waals surface area (Å²) in [6.45, 7) is 3.76. The second-order valence-corrected chi connectivity index (χ2v) is 5.03. The van der Waals surface area contributed by atoms with Crippen molar-refractivity contribution in [1.29, 1.82) is 0 Å². The summed E-state index contributed by atoms with van der Waals surface area (Å²) in [5.41, 5.74) is 5.32. The standard InChI is InChI=1S/C15H19NO/c17-11-12-2-3-13-4-5-14(15(13)10-12)6-9-16-7-1-8-16/h2-3,6,10,17H,1,4-5,7-9,11H2/b14-6+. The number of hydrogen-bond donors (Lipinski definition) is 1. The maximum absolute atomic E-state index is 9.19. The quantitative estimate of drug-likeness (QED) is 0.859. The van der Waals surface area contributed by atoms with Crippen molar-refractivity contribution < 1.29 is 5.11 Å². The lowest BCUT2D eigenvalue weighted by Gasteiger charge is -2.29. The molecule has 2 heteroatoms. The second kappa shape index (κ2) is 4.63. The van der Waals surface area contributed by atoms with Crippen molar-refractivity contribution >= 4 is 5.57 Å². The van der Waals surface area contributed by atoms with Crippen LogP contribution in [0.3, 0.4) is 0 Å². The van der Waals surface area contributed by atoms with E-state index in [-0.39, 0.29) is 6.61 Å². The van der Waals surface area contributed by atoms with E-state index in [4.69, 9.17) is 0 Å². The molecule has 2 aliphatic rings. The Labute approximate surface area is 103 Å². The first-order chi connectivity index (χ1) is 8.36. The Morgan fingerprint density at radius 2 is 2.12 bits per heavy atom. The smallest absolute Gasteiger partial charge is 0.0682 e. The van der Waals surface area contributed by atoms with E-state index < -0.39 is 0 Å². The Bertz CT molecular complexity index is 446. The monoisotopic (exact) mass is 229 g/mol. The van der Waals surface area contributed by atoms with Gasteiger partial charge in [-0.05, 0) is 60.7 Å². The van der Waals surface area contributed by atoms with Gasteiger partial charge in [-0.3, -0.25) is 4.90 Å². The summed E-state index contributed by atoms with van der Waals surface area (Å²) in [5.74, 6) is 0. The number of aliphatic hydroxyl groups is 1. The van der Waals surface area contributed by atoms with Crippen LogP contribution in [0.15, 0.2) is 24.3 Å². The van der Waals surface area contributed by atoms with E-state index in [1.165, 1.54) is 36.2 Å². The molecule has 1 heterocycles. The average Bonchev–Trinajstić information content (AvgIpc) is 2.69. The molecule has 0 spiro atoms. The van der Waals surface area contributed by atoms with Crippen LogP contribution >= 0.6 is 0 Å². The van der Waals surface area contributed by atoms with Gasteiger partial charge in [-0.25, -0.2) is 0 Å². The van der Waals surface area contributed by atoms with Crippen LogP contribution in [0.4, 0.5) is 0 Å². The number of rotatable bonds is 3. The van der Waals surface area contributed by atoms with Crippen LogP contribution in [0.1, 0.15) is 29.5 Å². The molecule has 0 saturated carbocycles. The van der Waals surface area contributed by atoms with Crippen LogP contribution in [0, 0.1) is 0 Å². The fraction of sp³-hybridized carbons (Fsp3) is 0.467. The highest BCUT2D eigenvalue weighted by Crippen LogP contribution is 2.32. The predicted octanol–water partition coefficient (Wildman–Crippen LogP) is 2.21. The summed E-state index contributed by atoms with van der Waals surface area (Å²) in [6.07, 6.45) is 6.06. The Balaban J connectivity index is 1.80.